The summed E-state index contributed by atoms with van der Waals surface area (Å²) in [5.41, 5.74) is 1.08. The maximum absolute atomic E-state index is 11.6. The summed E-state index contributed by atoms with van der Waals surface area (Å²) in [4.78, 5) is 26.4. The Morgan fingerprint density at radius 2 is 1.77 bits per heavy atom. The molecule has 1 N–H and O–H groups in total. The second-order valence-corrected chi connectivity index (χ2v) is 6.41. The van der Waals surface area contributed by atoms with Crippen LogP contribution in [0.4, 0.5) is 5.69 Å². The van der Waals surface area contributed by atoms with Crippen LogP contribution in [0, 0.1) is 0 Å². The molecule has 1 saturated heterocycles. The molecule has 0 atom stereocenters. The van der Waals surface area contributed by atoms with E-state index in [1.54, 1.807) is 6.07 Å². The van der Waals surface area contributed by atoms with Crippen molar-refractivity contribution in [2.45, 2.75) is 38.9 Å². The number of anilines is 1. The number of aromatic nitrogens is 1. The first-order valence-corrected chi connectivity index (χ1v) is 7.13. The molecule has 0 spiro atoms. The summed E-state index contributed by atoms with van der Waals surface area (Å²) in [5, 5.41) is 2.35. The molecule has 0 aliphatic carbocycles. The number of benzene rings is 1. The number of nitrogens with zero attached hydrogens (tertiary/aromatic N) is 1. The zero-order chi connectivity index (χ0) is 16.1. The molecule has 1 fully saturated rings. The SMILES string of the molecule is COC(=O)c1cc2ccc(N3OC(C)(C)C(C)(C)O3)cc2[nH]1. The molecule has 1 aromatic carbocycles. The van der Waals surface area contributed by atoms with Crippen molar-refractivity contribution < 1.29 is 19.2 Å². The number of nitrogens with one attached hydrogen (secondary N) is 1. The lowest BCUT2D eigenvalue weighted by Gasteiger charge is -2.26. The molecule has 3 rings (SSSR count). The molecule has 0 amide bonds. The predicted octanol–water partition coefficient (Wildman–Crippen LogP) is 3.19. The van der Waals surface area contributed by atoms with Gasteiger partial charge in [0.05, 0.1) is 12.8 Å². The molecular formula is C16H20N2O4. The predicted molar refractivity (Wildman–Crippen MR) is 82.4 cm³/mol. The molecule has 0 unspecified atom stereocenters. The van der Waals surface area contributed by atoms with Gasteiger partial charge < -0.3 is 9.72 Å². The van der Waals surface area contributed by atoms with E-state index in [-0.39, 0.29) is 0 Å². The van der Waals surface area contributed by atoms with Crippen molar-refractivity contribution in [1.82, 2.24) is 4.98 Å². The number of esters is 1. The highest BCUT2D eigenvalue weighted by atomic mass is 17.0. The molecule has 0 radical (unpaired) electrons. The molecule has 22 heavy (non-hydrogen) atoms. The maximum Gasteiger partial charge on any atom is 0.354 e. The van der Waals surface area contributed by atoms with Crippen molar-refractivity contribution >= 4 is 22.6 Å². The summed E-state index contributed by atoms with van der Waals surface area (Å²) in [6.07, 6.45) is 0. The number of carbonyl (C=O) groups excluding carboxylic acids is 1. The van der Waals surface area contributed by atoms with E-state index in [0.717, 1.165) is 16.6 Å². The van der Waals surface area contributed by atoms with E-state index in [0.29, 0.717) is 5.69 Å². The minimum Gasteiger partial charge on any atom is -0.464 e. The van der Waals surface area contributed by atoms with Gasteiger partial charge in [-0.1, -0.05) is 6.07 Å². The van der Waals surface area contributed by atoms with E-state index in [4.69, 9.17) is 14.4 Å². The van der Waals surface area contributed by atoms with Crippen LogP contribution in [-0.2, 0) is 14.4 Å². The minimum atomic E-state index is -0.450. The average Bonchev–Trinajstić information content (AvgIpc) is 2.96. The van der Waals surface area contributed by atoms with Crippen molar-refractivity contribution in [3.05, 3.63) is 30.0 Å². The number of fused-ring (bicyclic) bond motifs is 1. The number of carbonyl (C=O) groups is 1. The van der Waals surface area contributed by atoms with E-state index in [1.807, 2.05) is 45.9 Å². The Hall–Kier alpha value is -2.05. The summed E-state index contributed by atoms with van der Waals surface area (Å²) in [6, 6.07) is 7.41. The fourth-order valence-electron chi connectivity index (χ4n) is 2.21. The van der Waals surface area contributed by atoms with Crippen LogP contribution < -0.4 is 5.23 Å². The van der Waals surface area contributed by atoms with Crippen LogP contribution in [0.3, 0.4) is 0 Å². The van der Waals surface area contributed by atoms with Crippen LogP contribution in [0.2, 0.25) is 0 Å². The largest absolute Gasteiger partial charge is 0.464 e. The van der Waals surface area contributed by atoms with Crippen molar-refractivity contribution in [3.8, 4) is 0 Å². The van der Waals surface area contributed by atoms with E-state index >= 15 is 0 Å². The lowest BCUT2D eigenvalue weighted by Crippen LogP contribution is -2.41. The number of ether oxygens (including phenoxy) is 1. The number of hydrogen-bond acceptors (Lipinski definition) is 5. The Labute approximate surface area is 128 Å². The van der Waals surface area contributed by atoms with Gasteiger partial charge in [-0.3, -0.25) is 0 Å². The van der Waals surface area contributed by atoms with Crippen molar-refractivity contribution in [2.75, 3.05) is 12.3 Å². The molecule has 2 aromatic rings. The van der Waals surface area contributed by atoms with Crippen LogP contribution in [0.25, 0.3) is 10.9 Å². The van der Waals surface area contributed by atoms with Gasteiger partial charge in [0, 0.05) is 10.9 Å². The van der Waals surface area contributed by atoms with Gasteiger partial charge in [-0.25, -0.2) is 14.5 Å². The molecule has 6 nitrogen and oxygen atoms in total. The number of hydrogen-bond donors (Lipinski definition) is 1. The van der Waals surface area contributed by atoms with Gasteiger partial charge in [-0.15, -0.1) is 5.23 Å². The Bertz CT molecular complexity index is 717. The highest BCUT2D eigenvalue weighted by Crippen LogP contribution is 2.40. The third-order valence-corrected chi connectivity index (χ3v) is 4.29. The molecule has 2 heterocycles. The standard InChI is InChI=1S/C16H20N2O4/c1-15(2)16(3,4)22-18(21-15)11-7-6-10-8-13(14(19)20-5)17-12(10)9-11/h6-9,17H,1-5H3. The van der Waals surface area contributed by atoms with Crippen molar-refractivity contribution in [1.29, 1.82) is 0 Å². The molecular weight excluding hydrogens is 284 g/mol. The highest BCUT2D eigenvalue weighted by molar-refractivity contribution is 5.95. The quantitative estimate of drug-likeness (QED) is 0.863. The van der Waals surface area contributed by atoms with Gasteiger partial charge in [0.1, 0.15) is 16.9 Å². The van der Waals surface area contributed by atoms with Gasteiger partial charge >= 0.3 is 5.97 Å². The Balaban J connectivity index is 1.95. The Kier molecular flexibility index (Phi) is 3.19. The van der Waals surface area contributed by atoms with Crippen molar-refractivity contribution in [2.24, 2.45) is 0 Å². The fraction of sp³-hybridized carbons (Fsp3) is 0.438. The Morgan fingerprint density at radius 1 is 1.14 bits per heavy atom. The fourth-order valence-corrected chi connectivity index (χ4v) is 2.21. The third kappa shape index (κ3) is 2.24. The second kappa shape index (κ2) is 4.72. The highest BCUT2D eigenvalue weighted by Gasteiger charge is 2.50. The summed E-state index contributed by atoms with van der Waals surface area (Å²) < 4.78 is 4.72. The first-order chi connectivity index (χ1) is 10.2. The van der Waals surface area contributed by atoms with Gasteiger partial charge in [0.2, 0.25) is 0 Å². The number of H-pyrrole nitrogens is 1. The molecule has 1 aliphatic heterocycles. The van der Waals surface area contributed by atoms with Gasteiger partial charge in [0.15, 0.2) is 0 Å². The summed E-state index contributed by atoms with van der Waals surface area (Å²) in [7, 11) is 1.36. The van der Waals surface area contributed by atoms with Crippen molar-refractivity contribution in [3.63, 3.8) is 0 Å². The first kappa shape index (κ1) is 14.9. The topological polar surface area (TPSA) is 63.8 Å². The average molecular weight is 304 g/mol. The number of rotatable bonds is 2. The lowest BCUT2D eigenvalue weighted by atomic mass is 9.90. The zero-order valence-corrected chi connectivity index (χ0v) is 13.4. The van der Waals surface area contributed by atoms with E-state index in [9.17, 15) is 4.79 Å². The normalized spacial score (nSPS) is 19.6. The molecule has 0 bridgehead atoms. The number of methoxy groups -OCH3 is 1. The van der Waals surface area contributed by atoms with E-state index < -0.39 is 17.2 Å². The van der Waals surface area contributed by atoms with Crippen LogP contribution in [-0.4, -0.2) is 29.3 Å². The molecule has 118 valence electrons. The molecule has 1 aromatic heterocycles. The molecule has 1 aliphatic rings. The van der Waals surface area contributed by atoms with E-state index in [1.165, 1.54) is 12.3 Å². The Morgan fingerprint density at radius 3 is 2.36 bits per heavy atom. The van der Waals surface area contributed by atoms with Gasteiger partial charge in [0.25, 0.3) is 0 Å². The number of aromatic amines is 1. The maximum atomic E-state index is 11.6. The zero-order valence-electron chi connectivity index (χ0n) is 13.4. The van der Waals surface area contributed by atoms with E-state index in [2.05, 4.69) is 4.98 Å². The van der Waals surface area contributed by atoms with Crippen LogP contribution in [0.1, 0.15) is 38.2 Å². The van der Waals surface area contributed by atoms with Gasteiger partial charge in [-0.05, 0) is 45.9 Å². The molecule has 6 heteroatoms. The summed E-state index contributed by atoms with van der Waals surface area (Å²) in [6.45, 7) is 7.93. The van der Waals surface area contributed by atoms with Crippen LogP contribution >= 0.6 is 0 Å². The summed E-state index contributed by atoms with van der Waals surface area (Å²) >= 11 is 0. The van der Waals surface area contributed by atoms with Gasteiger partial charge in [-0.2, -0.15) is 0 Å². The third-order valence-electron chi connectivity index (χ3n) is 4.29. The first-order valence-electron chi connectivity index (χ1n) is 7.13. The smallest absolute Gasteiger partial charge is 0.354 e. The second-order valence-electron chi connectivity index (χ2n) is 6.41. The molecule has 0 saturated carbocycles. The minimum absolute atomic E-state index is 0.395. The van der Waals surface area contributed by atoms with Crippen LogP contribution in [0.5, 0.6) is 0 Å². The lowest BCUT2D eigenvalue weighted by molar-refractivity contribution is -0.0272. The summed E-state index contributed by atoms with van der Waals surface area (Å²) in [5.74, 6) is -0.395. The monoisotopic (exact) mass is 304 g/mol. The van der Waals surface area contributed by atoms with Crippen LogP contribution in [0.15, 0.2) is 24.3 Å².